The Balaban J connectivity index is 1.51. The molecule has 0 bridgehead atoms. The Morgan fingerprint density at radius 3 is 2.69 bits per heavy atom. The minimum atomic E-state index is -0.967. The predicted molar refractivity (Wildman–Crippen MR) is 106 cm³/mol. The van der Waals surface area contributed by atoms with E-state index in [1.807, 2.05) is 0 Å². The fourth-order valence-electron chi connectivity index (χ4n) is 3.94. The van der Waals surface area contributed by atoms with Gasteiger partial charge in [0.15, 0.2) is 0 Å². The van der Waals surface area contributed by atoms with Gasteiger partial charge in [-0.05, 0) is 25.0 Å². The van der Waals surface area contributed by atoms with Crippen molar-refractivity contribution < 1.29 is 23.2 Å². The highest BCUT2D eigenvalue weighted by Gasteiger charge is 2.27. The smallest absolute Gasteiger partial charge is 0.407 e. The number of amides is 1. The Morgan fingerprint density at radius 2 is 1.97 bits per heavy atom. The summed E-state index contributed by atoms with van der Waals surface area (Å²) in [7, 11) is 0. The number of halogens is 2. The van der Waals surface area contributed by atoms with E-state index in [0.717, 1.165) is 12.1 Å². The van der Waals surface area contributed by atoms with E-state index in [1.54, 1.807) is 4.52 Å². The molecule has 0 atom stereocenters. The number of carboxylic acid groups (broad SMARTS) is 1. The second kappa shape index (κ2) is 7.55. The lowest BCUT2D eigenvalue weighted by atomic mass is 9.93. The van der Waals surface area contributed by atoms with Gasteiger partial charge in [-0.25, -0.2) is 18.1 Å². The van der Waals surface area contributed by atoms with Crippen LogP contribution in [-0.4, -0.2) is 53.9 Å². The third-order valence-corrected chi connectivity index (χ3v) is 5.55. The first-order valence-electron chi connectivity index (χ1n) is 9.79. The molecule has 4 aromatic rings. The standard InChI is InChI=1S/C20H16F2N6O4/c21-11-1-2-12(14(22)7-11)17-25-19(32-26-17)13-9-23-28-15(8-16(29)24-18(13)28)10-3-5-27(6-4-10)20(30)31/h1-2,7-10H,3-6H2,(H,24,29)(H,30,31). The largest absolute Gasteiger partial charge is 0.465 e. The first-order valence-corrected chi connectivity index (χ1v) is 9.79. The summed E-state index contributed by atoms with van der Waals surface area (Å²) in [5.74, 6) is -1.68. The molecule has 5 rings (SSSR count). The fourth-order valence-corrected chi connectivity index (χ4v) is 3.94. The summed E-state index contributed by atoms with van der Waals surface area (Å²) in [4.78, 5) is 31.7. The van der Waals surface area contributed by atoms with Crippen LogP contribution in [0.2, 0.25) is 0 Å². The molecule has 1 aliphatic heterocycles. The molecule has 0 saturated carbocycles. The summed E-state index contributed by atoms with van der Waals surface area (Å²) in [6, 6.07) is 4.46. The van der Waals surface area contributed by atoms with E-state index in [2.05, 4.69) is 20.2 Å². The molecular weight excluding hydrogens is 426 g/mol. The number of aromatic nitrogens is 5. The molecule has 0 spiro atoms. The molecule has 3 aromatic heterocycles. The predicted octanol–water partition coefficient (Wildman–Crippen LogP) is 2.88. The number of nitrogens with zero attached hydrogens (tertiary/aromatic N) is 5. The zero-order valence-electron chi connectivity index (χ0n) is 16.5. The first kappa shape index (κ1) is 19.8. The Labute approximate surface area is 178 Å². The summed E-state index contributed by atoms with van der Waals surface area (Å²) < 4.78 is 34.0. The number of fused-ring (bicyclic) bond motifs is 1. The molecule has 0 radical (unpaired) electrons. The highest BCUT2D eigenvalue weighted by Crippen LogP contribution is 2.30. The molecule has 1 amide bonds. The van der Waals surface area contributed by atoms with Crippen molar-refractivity contribution in [1.82, 2.24) is 29.6 Å². The molecule has 164 valence electrons. The van der Waals surface area contributed by atoms with Gasteiger partial charge >= 0.3 is 6.09 Å². The number of hydrogen-bond acceptors (Lipinski definition) is 6. The number of likely N-dealkylation sites (tertiary alicyclic amines) is 1. The second-order valence-corrected chi connectivity index (χ2v) is 7.47. The van der Waals surface area contributed by atoms with E-state index in [1.165, 1.54) is 23.2 Å². The van der Waals surface area contributed by atoms with Gasteiger partial charge in [0.1, 0.15) is 22.8 Å². The zero-order valence-corrected chi connectivity index (χ0v) is 16.5. The molecule has 0 unspecified atom stereocenters. The van der Waals surface area contributed by atoms with E-state index in [9.17, 15) is 18.4 Å². The lowest BCUT2D eigenvalue weighted by molar-refractivity contribution is 0.131. The highest BCUT2D eigenvalue weighted by atomic mass is 19.1. The average Bonchev–Trinajstić information content (AvgIpc) is 3.40. The maximum absolute atomic E-state index is 14.1. The van der Waals surface area contributed by atoms with E-state index >= 15 is 0 Å². The molecule has 10 nitrogen and oxygen atoms in total. The summed E-state index contributed by atoms with van der Waals surface area (Å²) in [5, 5.41) is 17.2. The van der Waals surface area contributed by atoms with Gasteiger partial charge in [0.2, 0.25) is 5.82 Å². The number of benzene rings is 1. The van der Waals surface area contributed by atoms with Crippen molar-refractivity contribution in [2.75, 3.05) is 13.1 Å². The number of piperidine rings is 1. The van der Waals surface area contributed by atoms with Crippen LogP contribution in [0, 0.1) is 11.6 Å². The van der Waals surface area contributed by atoms with Crippen molar-refractivity contribution in [3.8, 4) is 22.8 Å². The number of H-pyrrole nitrogens is 1. The average molecular weight is 442 g/mol. The quantitative estimate of drug-likeness (QED) is 0.499. The third kappa shape index (κ3) is 3.39. The van der Waals surface area contributed by atoms with Crippen LogP contribution in [0.4, 0.5) is 13.6 Å². The summed E-state index contributed by atoms with van der Waals surface area (Å²) in [5.41, 5.74) is 0.914. The maximum atomic E-state index is 14.1. The van der Waals surface area contributed by atoms with Gasteiger partial charge in [-0.2, -0.15) is 10.1 Å². The topological polar surface area (TPSA) is 130 Å². The molecule has 1 aromatic carbocycles. The highest BCUT2D eigenvalue weighted by molar-refractivity contribution is 5.72. The van der Waals surface area contributed by atoms with E-state index in [-0.39, 0.29) is 28.8 Å². The third-order valence-electron chi connectivity index (χ3n) is 5.55. The zero-order chi connectivity index (χ0) is 22.4. The second-order valence-electron chi connectivity index (χ2n) is 7.47. The number of carbonyl (C=O) groups is 1. The minimum absolute atomic E-state index is 0.00669. The molecular formula is C20H16F2N6O4. The van der Waals surface area contributed by atoms with Crippen molar-refractivity contribution in [3.63, 3.8) is 0 Å². The maximum Gasteiger partial charge on any atom is 0.407 e. The lowest BCUT2D eigenvalue weighted by Gasteiger charge is -2.30. The monoisotopic (exact) mass is 442 g/mol. The van der Waals surface area contributed by atoms with Crippen LogP contribution in [0.25, 0.3) is 28.5 Å². The van der Waals surface area contributed by atoms with Crippen molar-refractivity contribution in [1.29, 1.82) is 0 Å². The molecule has 1 fully saturated rings. The van der Waals surface area contributed by atoms with E-state index in [0.29, 0.717) is 42.8 Å². The Hall–Kier alpha value is -4.09. The summed E-state index contributed by atoms with van der Waals surface area (Å²) in [6.45, 7) is 0.720. The number of nitrogens with one attached hydrogen (secondary N) is 1. The molecule has 2 N–H and O–H groups in total. The van der Waals surface area contributed by atoms with E-state index < -0.39 is 17.7 Å². The molecule has 0 aliphatic carbocycles. The van der Waals surface area contributed by atoms with Crippen molar-refractivity contribution in [3.05, 3.63) is 58.1 Å². The minimum Gasteiger partial charge on any atom is -0.465 e. The first-order chi connectivity index (χ1) is 15.4. The fraction of sp³-hybridized carbons (Fsp3) is 0.250. The lowest BCUT2D eigenvalue weighted by Crippen LogP contribution is -2.37. The SMILES string of the molecule is O=C(O)N1CCC(c2cc(=O)[nH]c3c(-c4nc(-c5ccc(F)cc5F)no4)cnn23)CC1. The van der Waals surface area contributed by atoms with Crippen LogP contribution in [0.1, 0.15) is 24.5 Å². The van der Waals surface area contributed by atoms with Crippen molar-refractivity contribution in [2.45, 2.75) is 18.8 Å². The van der Waals surface area contributed by atoms with Crippen LogP contribution < -0.4 is 5.56 Å². The van der Waals surface area contributed by atoms with Gasteiger partial charge < -0.3 is 19.5 Å². The number of hydrogen-bond donors (Lipinski definition) is 2. The van der Waals surface area contributed by atoms with Gasteiger partial charge in [-0.1, -0.05) is 5.16 Å². The number of rotatable bonds is 3. The van der Waals surface area contributed by atoms with Gasteiger partial charge in [0, 0.05) is 31.1 Å². The van der Waals surface area contributed by atoms with Gasteiger partial charge in [0.25, 0.3) is 11.4 Å². The molecule has 32 heavy (non-hydrogen) atoms. The van der Waals surface area contributed by atoms with Crippen LogP contribution in [0.3, 0.4) is 0 Å². The Morgan fingerprint density at radius 1 is 1.19 bits per heavy atom. The van der Waals surface area contributed by atoms with Crippen LogP contribution in [-0.2, 0) is 0 Å². The molecule has 1 aliphatic rings. The molecule has 12 heteroatoms. The normalized spacial score (nSPS) is 14.9. The van der Waals surface area contributed by atoms with Crippen LogP contribution in [0.15, 0.2) is 39.8 Å². The Kier molecular flexibility index (Phi) is 4.68. The Bertz CT molecular complexity index is 1390. The van der Waals surface area contributed by atoms with Crippen molar-refractivity contribution in [2.24, 2.45) is 0 Å². The molecule has 4 heterocycles. The van der Waals surface area contributed by atoms with E-state index in [4.69, 9.17) is 9.63 Å². The van der Waals surface area contributed by atoms with Crippen LogP contribution >= 0.6 is 0 Å². The van der Waals surface area contributed by atoms with Gasteiger partial charge in [-0.15, -0.1) is 0 Å². The van der Waals surface area contributed by atoms with Gasteiger partial charge in [-0.3, -0.25) is 4.79 Å². The van der Waals surface area contributed by atoms with Crippen LogP contribution in [0.5, 0.6) is 0 Å². The molecule has 1 saturated heterocycles. The summed E-state index contributed by atoms with van der Waals surface area (Å²) in [6.07, 6.45) is 1.58. The van der Waals surface area contributed by atoms with Crippen molar-refractivity contribution >= 4 is 11.7 Å². The van der Waals surface area contributed by atoms with Gasteiger partial charge in [0.05, 0.1) is 17.5 Å². The number of aromatic amines is 1. The summed E-state index contributed by atoms with van der Waals surface area (Å²) >= 11 is 0.